The van der Waals surface area contributed by atoms with Crippen LogP contribution in [-0.4, -0.2) is 19.2 Å². The van der Waals surface area contributed by atoms with Gasteiger partial charge in [-0.3, -0.25) is 4.79 Å². The minimum atomic E-state index is -0.138. The molecule has 2 unspecified atom stereocenters. The molecule has 3 nitrogen and oxygen atoms in total. The van der Waals surface area contributed by atoms with E-state index in [1.54, 1.807) is 0 Å². The molecule has 1 aliphatic rings. The number of hydrogen-bond acceptors (Lipinski definition) is 3. The zero-order valence-corrected chi connectivity index (χ0v) is 10.1. The van der Waals surface area contributed by atoms with Crippen LogP contribution < -0.4 is 0 Å². The molecule has 3 heteroatoms. The SMILES string of the molecule is COC(=O)C1CCCC1OCc1ccccc1. The summed E-state index contributed by atoms with van der Waals surface area (Å²) in [6.45, 7) is 0.568. The van der Waals surface area contributed by atoms with Crippen LogP contribution >= 0.6 is 0 Å². The molecule has 92 valence electrons. The molecule has 2 atom stereocenters. The van der Waals surface area contributed by atoms with Gasteiger partial charge in [0, 0.05) is 0 Å². The summed E-state index contributed by atoms with van der Waals surface area (Å²) in [6.07, 6.45) is 2.89. The van der Waals surface area contributed by atoms with E-state index in [1.807, 2.05) is 30.3 Å². The summed E-state index contributed by atoms with van der Waals surface area (Å²) >= 11 is 0. The number of rotatable bonds is 4. The van der Waals surface area contributed by atoms with Crippen LogP contribution in [0.15, 0.2) is 30.3 Å². The van der Waals surface area contributed by atoms with Gasteiger partial charge in [-0.1, -0.05) is 30.3 Å². The van der Waals surface area contributed by atoms with Crippen LogP contribution in [0, 0.1) is 5.92 Å². The summed E-state index contributed by atoms with van der Waals surface area (Å²) in [5, 5.41) is 0. The minimum absolute atomic E-state index is 0.0163. The lowest BCUT2D eigenvalue weighted by atomic mass is 10.1. The zero-order chi connectivity index (χ0) is 12.1. The third-order valence-corrected chi connectivity index (χ3v) is 3.26. The van der Waals surface area contributed by atoms with Crippen molar-refractivity contribution in [2.24, 2.45) is 5.92 Å². The molecule has 0 spiro atoms. The second-order valence-corrected chi connectivity index (χ2v) is 4.40. The fourth-order valence-corrected chi connectivity index (χ4v) is 2.32. The van der Waals surface area contributed by atoms with E-state index >= 15 is 0 Å². The second kappa shape index (κ2) is 5.82. The van der Waals surface area contributed by atoms with E-state index in [0.717, 1.165) is 24.8 Å². The Morgan fingerprint density at radius 1 is 1.29 bits per heavy atom. The maximum absolute atomic E-state index is 11.5. The van der Waals surface area contributed by atoms with E-state index in [0.29, 0.717) is 6.61 Å². The average Bonchev–Trinajstić information content (AvgIpc) is 2.85. The van der Waals surface area contributed by atoms with E-state index in [2.05, 4.69) is 0 Å². The standard InChI is InChI=1S/C14H18O3/c1-16-14(15)12-8-5-9-13(12)17-10-11-6-3-2-4-7-11/h2-4,6-7,12-13H,5,8-10H2,1H3. The Kier molecular flexibility index (Phi) is 4.15. The predicted octanol–water partition coefficient (Wildman–Crippen LogP) is 2.54. The third-order valence-electron chi connectivity index (χ3n) is 3.26. The summed E-state index contributed by atoms with van der Waals surface area (Å²) in [5.74, 6) is -0.218. The number of methoxy groups -OCH3 is 1. The van der Waals surface area contributed by atoms with Gasteiger partial charge in [0.1, 0.15) is 0 Å². The Morgan fingerprint density at radius 2 is 2.06 bits per heavy atom. The maximum Gasteiger partial charge on any atom is 0.311 e. The molecule has 0 heterocycles. The van der Waals surface area contributed by atoms with Crippen molar-refractivity contribution < 1.29 is 14.3 Å². The van der Waals surface area contributed by atoms with Crippen molar-refractivity contribution >= 4 is 5.97 Å². The van der Waals surface area contributed by atoms with Crippen molar-refractivity contribution in [2.75, 3.05) is 7.11 Å². The zero-order valence-electron chi connectivity index (χ0n) is 10.1. The quantitative estimate of drug-likeness (QED) is 0.751. The van der Waals surface area contributed by atoms with Gasteiger partial charge in [0.05, 0.1) is 25.7 Å². The summed E-state index contributed by atoms with van der Waals surface area (Å²) < 4.78 is 10.6. The lowest BCUT2D eigenvalue weighted by Crippen LogP contribution is -2.26. The molecule has 1 aromatic rings. The van der Waals surface area contributed by atoms with Crippen LogP contribution in [-0.2, 0) is 20.9 Å². The Labute approximate surface area is 102 Å². The molecule has 0 bridgehead atoms. The molecule has 1 aliphatic carbocycles. The minimum Gasteiger partial charge on any atom is -0.469 e. The van der Waals surface area contributed by atoms with Gasteiger partial charge in [-0.2, -0.15) is 0 Å². The second-order valence-electron chi connectivity index (χ2n) is 4.40. The van der Waals surface area contributed by atoms with E-state index in [4.69, 9.17) is 9.47 Å². The molecule has 0 saturated heterocycles. The first kappa shape index (κ1) is 12.1. The van der Waals surface area contributed by atoms with Crippen LogP contribution in [0.3, 0.4) is 0 Å². The molecule has 1 fully saturated rings. The highest BCUT2D eigenvalue weighted by Gasteiger charge is 2.34. The molecule has 0 aliphatic heterocycles. The first-order valence-electron chi connectivity index (χ1n) is 6.04. The van der Waals surface area contributed by atoms with Crippen molar-refractivity contribution in [1.29, 1.82) is 0 Å². The number of carbonyl (C=O) groups excluding carboxylic acids is 1. The van der Waals surface area contributed by atoms with Gasteiger partial charge >= 0.3 is 5.97 Å². The van der Waals surface area contributed by atoms with E-state index in [9.17, 15) is 4.79 Å². The van der Waals surface area contributed by atoms with Crippen LogP contribution in [0.25, 0.3) is 0 Å². The van der Waals surface area contributed by atoms with E-state index in [-0.39, 0.29) is 18.0 Å². The fourth-order valence-electron chi connectivity index (χ4n) is 2.32. The van der Waals surface area contributed by atoms with Crippen LogP contribution in [0.2, 0.25) is 0 Å². The van der Waals surface area contributed by atoms with Crippen LogP contribution in [0.1, 0.15) is 24.8 Å². The monoisotopic (exact) mass is 234 g/mol. The Balaban J connectivity index is 1.88. The maximum atomic E-state index is 11.5. The molecule has 0 aromatic heterocycles. The molecule has 1 saturated carbocycles. The number of benzene rings is 1. The molecule has 1 aromatic carbocycles. The molecule has 2 rings (SSSR count). The first-order valence-corrected chi connectivity index (χ1v) is 6.04. The molecular formula is C14H18O3. The summed E-state index contributed by atoms with van der Waals surface area (Å²) in [6, 6.07) is 10.0. The van der Waals surface area contributed by atoms with Crippen LogP contribution in [0.5, 0.6) is 0 Å². The normalized spacial score (nSPS) is 23.6. The summed E-state index contributed by atoms with van der Waals surface area (Å²) in [4.78, 5) is 11.5. The van der Waals surface area contributed by atoms with E-state index < -0.39 is 0 Å². The molecule has 17 heavy (non-hydrogen) atoms. The molecular weight excluding hydrogens is 216 g/mol. The van der Waals surface area contributed by atoms with Crippen molar-refractivity contribution in [3.63, 3.8) is 0 Å². The van der Waals surface area contributed by atoms with Gasteiger partial charge in [-0.15, -0.1) is 0 Å². The van der Waals surface area contributed by atoms with Crippen LogP contribution in [0.4, 0.5) is 0 Å². The number of esters is 1. The first-order chi connectivity index (χ1) is 8.31. The molecule has 0 amide bonds. The van der Waals surface area contributed by atoms with Gasteiger partial charge in [-0.25, -0.2) is 0 Å². The van der Waals surface area contributed by atoms with Crippen molar-refractivity contribution in [3.8, 4) is 0 Å². The average molecular weight is 234 g/mol. The van der Waals surface area contributed by atoms with Gasteiger partial charge in [0.25, 0.3) is 0 Å². The Morgan fingerprint density at radius 3 is 2.76 bits per heavy atom. The van der Waals surface area contributed by atoms with Gasteiger partial charge < -0.3 is 9.47 Å². The van der Waals surface area contributed by atoms with Crippen molar-refractivity contribution in [3.05, 3.63) is 35.9 Å². The van der Waals surface area contributed by atoms with Gasteiger partial charge in [0.15, 0.2) is 0 Å². The fraction of sp³-hybridized carbons (Fsp3) is 0.500. The topological polar surface area (TPSA) is 35.5 Å². The molecule has 0 N–H and O–H groups in total. The number of hydrogen-bond donors (Lipinski definition) is 0. The summed E-state index contributed by atoms with van der Waals surface area (Å²) in [7, 11) is 1.44. The summed E-state index contributed by atoms with van der Waals surface area (Å²) in [5.41, 5.74) is 1.14. The Hall–Kier alpha value is -1.35. The number of ether oxygens (including phenoxy) is 2. The van der Waals surface area contributed by atoms with Crippen molar-refractivity contribution in [1.82, 2.24) is 0 Å². The highest BCUT2D eigenvalue weighted by atomic mass is 16.5. The third kappa shape index (κ3) is 3.07. The van der Waals surface area contributed by atoms with Crippen molar-refractivity contribution in [2.45, 2.75) is 32.0 Å². The highest BCUT2D eigenvalue weighted by Crippen LogP contribution is 2.29. The highest BCUT2D eigenvalue weighted by molar-refractivity contribution is 5.73. The van der Waals surface area contributed by atoms with E-state index in [1.165, 1.54) is 7.11 Å². The number of carbonyl (C=O) groups is 1. The molecule has 0 radical (unpaired) electrons. The van der Waals surface area contributed by atoms with Gasteiger partial charge in [-0.05, 0) is 24.8 Å². The lowest BCUT2D eigenvalue weighted by Gasteiger charge is -2.18. The lowest BCUT2D eigenvalue weighted by molar-refractivity contribution is -0.150. The Bertz CT molecular complexity index is 361. The largest absolute Gasteiger partial charge is 0.469 e. The smallest absolute Gasteiger partial charge is 0.311 e. The van der Waals surface area contributed by atoms with Gasteiger partial charge in [0.2, 0.25) is 0 Å². The predicted molar refractivity (Wildman–Crippen MR) is 64.4 cm³/mol.